The van der Waals surface area contributed by atoms with Gasteiger partial charge in [-0.1, -0.05) is 28.1 Å². The number of carbonyl (C=O) groups is 1. The number of hydrogen-bond donors (Lipinski definition) is 1. The summed E-state index contributed by atoms with van der Waals surface area (Å²) in [6.45, 7) is 1.64. The molecule has 1 amide bonds. The number of hydrogen-bond acceptors (Lipinski definition) is 2. The van der Waals surface area contributed by atoms with Gasteiger partial charge in [0.05, 0.1) is 6.42 Å². The van der Waals surface area contributed by atoms with Crippen LogP contribution in [-0.2, 0) is 11.2 Å². The normalized spacial score (nSPS) is 20.3. The third kappa shape index (κ3) is 3.46. The SMILES string of the molecule is O=C(Cc1cccc(O)c1)N1CCCC(Br)C1. The number of phenolic OH excluding ortho intramolecular Hbond substituents is 1. The number of phenols is 1. The lowest BCUT2D eigenvalue weighted by atomic mass is 10.1. The average molecular weight is 298 g/mol. The van der Waals surface area contributed by atoms with Crippen LogP contribution >= 0.6 is 15.9 Å². The van der Waals surface area contributed by atoms with Gasteiger partial charge < -0.3 is 10.0 Å². The lowest BCUT2D eigenvalue weighted by Crippen LogP contribution is -2.41. The standard InChI is InChI=1S/C13H16BrNO2/c14-11-4-2-6-15(9-11)13(17)8-10-3-1-5-12(16)7-10/h1,3,5,7,11,16H,2,4,6,8-9H2. The first kappa shape index (κ1) is 12.4. The number of piperidine rings is 1. The summed E-state index contributed by atoms with van der Waals surface area (Å²) in [5.41, 5.74) is 0.867. The minimum Gasteiger partial charge on any atom is -0.508 e. The van der Waals surface area contributed by atoms with Crippen molar-refractivity contribution in [2.24, 2.45) is 0 Å². The first-order valence-corrected chi connectivity index (χ1v) is 6.76. The van der Waals surface area contributed by atoms with E-state index in [4.69, 9.17) is 0 Å². The molecule has 92 valence electrons. The maximum Gasteiger partial charge on any atom is 0.227 e. The molecule has 0 spiro atoms. The van der Waals surface area contributed by atoms with Gasteiger partial charge in [-0.15, -0.1) is 0 Å². The first-order valence-electron chi connectivity index (χ1n) is 5.85. The molecule has 1 aliphatic rings. The highest BCUT2D eigenvalue weighted by Gasteiger charge is 2.21. The Bertz CT molecular complexity index is 408. The molecule has 4 heteroatoms. The molecule has 1 saturated heterocycles. The maximum absolute atomic E-state index is 12.0. The van der Waals surface area contributed by atoms with Gasteiger partial charge in [0.15, 0.2) is 0 Å². The number of carbonyl (C=O) groups excluding carboxylic acids is 1. The third-order valence-electron chi connectivity index (χ3n) is 2.98. The van der Waals surface area contributed by atoms with Crippen LogP contribution < -0.4 is 0 Å². The molecule has 1 fully saturated rings. The molecule has 3 nitrogen and oxygen atoms in total. The van der Waals surface area contributed by atoms with Crippen molar-refractivity contribution in [1.82, 2.24) is 4.90 Å². The van der Waals surface area contributed by atoms with Gasteiger partial charge in [-0.25, -0.2) is 0 Å². The highest BCUT2D eigenvalue weighted by atomic mass is 79.9. The zero-order valence-electron chi connectivity index (χ0n) is 9.60. The minimum absolute atomic E-state index is 0.139. The first-order chi connectivity index (χ1) is 8.15. The molecule has 17 heavy (non-hydrogen) atoms. The quantitative estimate of drug-likeness (QED) is 0.851. The van der Waals surface area contributed by atoms with E-state index in [2.05, 4.69) is 15.9 Å². The van der Waals surface area contributed by atoms with Crippen molar-refractivity contribution in [3.05, 3.63) is 29.8 Å². The van der Waals surface area contributed by atoms with Crippen molar-refractivity contribution in [2.75, 3.05) is 13.1 Å². The van der Waals surface area contributed by atoms with E-state index in [1.54, 1.807) is 18.2 Å². The summed E-state index contributed by atoms with van der Waals surface area (Å²) in [6, 6.07) is 6.89. The Hall–Kier alpha value is -1.03. The van der Waals surface area contributed by atoms with E-state index >= 15 is 0 Å². The number of rotatable bonds is 2. The Morgan fingerprint density at radius 3 is 3.06 bits per heavy atom. The minimum atomic E-state index is 0.139. The van der Waals surface area contributed by atoms with E-state index in [9.17, 15) is 9.90 Å². The Kier molecular flexibility index (Phi) is 4.05. The van der Waals surface area contributed by atoms with Crippen molar-refractivity contribution in [3.63, 3.8) is 0 Å². The summed E-state index contributed by atoms with van der Waals surface area (Å²) in [7, 11) is 0. The lowest BCUT2D eigenvalue weighted by molar-refractivity contribution is -0.131. The van der Waals surface area contributed by atoms with Crippen LogP contribution in [0.1, 0.15) is 18.4 Å². The molecule has 0 aliphatic carbocycles. The van der Waals surface area contributed by atoms with Crippen LogP contribution in [0.5, 0.6) is 5.75 Å². The molecular weight excluding hydrogens is 282 g/mol. The second-order valence-corrected chi connectivity index (χ2v) is 5.72. The summed E-state index contributed by atoms with van der Waals surface area (Å²) < 4.78 is 0. The molecule has 0 saturated carbocycles. The highest BCUT2D eigenvalue weighted by Crippen LogP contribution is 2.18. The molecular formula is C13H16BrNO2. The Balaban J connectivity index is 1.96. The second-order valence-electron chi connectivity index (χ2n) is 4.43. The average Bonchev–Trinajstić information content (AvgIpc) is 2.29. The van der Waals surface area contributed by atoms with Crippen LogP contribution in [0.2, 0.25) is 0 Å². The molecule has 0 aromatic heterocycles. The van der Waals surface area contributed by atoms with Gasteiger partial charge in [0.25, 0.3) is 0 Å². The van der Waals surface area contributed by atoms with E-state index in [1.807, 2.05) is 11.0 Å². The maximum atomic E-state index is 12.0. The smallest absolute Gasteiger partial charge is 0.227 e. The predicted octanol–water partition coefficient (Wildman–Crippen LogP) is 2.32. The summed E-state index contributed by atoms with van der Waals surface area (Å²) in [5, 5.41) is 9.35. The van der Waals surface area contributed by atoms with E-state index in [0.29, 0.717) is 11.2 Å². The predicted molar refractivity (Wildman–Crippen MR) is 70.3 cm³/mol. The molecule has 0 radical (unpaired) electrons. The Labute approximate surface area is 110 Å². The molecule has 1 atom stereocenters. The molecule has 0 bridgehead atoms. The summed E-state index contributed by atoms with van der Waals surface area (Å²) >= 11 is 3.56. The number of nitrogens with zero attached hydrogens (tertiary/aromatic N) is 1. The molecule has 1 unspecified atom stereocenters. The van der Waals surface area contributed by atoms with E-state index in [1.165, 1.54) is 0 Å². The van der Waals surface area contributed by atoms with Crippen molar-refractivity contribution in [2.45, 2.75) is 24.1 Å². The number of halogens is 1. The van der Waals surface area contributed by atoms with Crippen LogP contribution in [0.4, 0.5) is 0 Å². The van der Waals surface area contributed by atoms with Gasteiger partial charge in [-0.2, -0.15) is 0 Å². The third-order valence-corrected chi connectivity index (χ3v) is 3.73. The number of likely N-dealkylation sites (tertiary alicyclic amines) is 1. The van der Waals surface area contributed by atoms with Crippen LogP contribution in [0, 0.1) is 0 Å². The number of aromatic hydroxyl groups is 1. The van der Waals surface area contributed by atoms with Gasteiger partial charge in [0.1, 0.15) is 5.75 Å². The van der Waals surface area contributed by atoms with Crippen molar-refractivity contribution in [3.8, 4) is 5.75 Å². The van der Waals surface area contributed by atoms with Crippen molar-refractivity contribution < 1.29 is 9.90 Å². The summed E-state index contributed by atoms with van der Waals surface area (Å²) in [5.74, 6) is 0.354. The van der Waals surface area contributed by atoms with Gasteiger partial charge in [0.2, 0.25) is 5.91 Å². The van der Waals surface area contributed by atoms with Crippen molar-refractivity contribution >= 4 is 21.8 Å². The number of amides is 1. The molecule has 2 rings (SSSR count). The van der Waals surface area contributed by atoms with E-state index < -0.39 is 0 Å². The number of benzene rings is 1. The largest absolute Gasteiger partial charge is 0.508 e. The van der Waals surface area contributed by atoms with Gasteiger partial charge in [-0.05, 0) is 30.5 Å². The zero-order chi connectivity index (χ0) is 12.3. The molecule has 1 N–H and O–H groups in total. The van der Waals surface area contributed by atoms with E-state index in [0.717, 1.165) is 31.5 Å². The van der Waals surface area contributed by atoms with Crippen molar-refractivity contribution in [1.29, 1.82) is 0 Å². The molecule has 1 aliphatic heterocycles. The van der Waals surface area contributed by atoms with Crippen LogP contribution in [0.25, 0.3) is 0 Å². The fourth-order valence-electron chi connectivity index (χ4n) is 2.10. The Morgan fingerprint density at radius 1 is 1.53 bits per heavy atom. The van der Waals surface area contributed by atoms with Gasteiger partial charge in [0, 0.05) is 17.9 Å². The fraction of sp³-hybridized carbons (Fsp3) is 0.462. The molecule has 1 aromatic carbocycles. The molecule has 1 aromatic rings. The van der Waals surface area contributed by atoms with Gasteiger partial charge in [-0.3, -0.25) is 4.79 Å². The highest BCUT2D eigenvalue weighted by molar-refractivity contribution is 9.09. The van der Waals surface area contributed by atoms with E-state index in [-0.39, 0.29) is 11.7 Å². The fourth-order valence-corrected chi connectivity index (χ4v) is 2.78. The number of alkyl halides is 1. The lowest BCUT2D eigenvalue weighted by Gasteiger charge is -2.30. The van der Waals surface area contributed by atoms with Gasteiger partial charge >= 0.3 is 0 Å². The summed E-state index contributed by atoms with van der Waals surface area (Å²) in [4.78, 5) is 14.4. The Morgan fingerprint density at radius 2 is 2.35 bits per heavy atom. The van der Waals surface area contributed by atoms with Crippen LogP contribution in [-0.4, -0.2) is 33.8 Å². The monoisotopic (exact) mass is 297 g/mol. The topological polar surface area (TPSA) is 40.5 Å². The van der Waals surface area contributed by atoms with Crippen LogP contribution in [0.3, 0.4) is 0 Å². The van der Waals surface area contributed by atoms with Crippen LogP contribution in [0.15, 0.2) is 24.3 Å². The second kappa shape index (κ2) is 5.54. The zero-order valence-corrected chi connectivity index (χ0v) is 11.2. The summed E-state index contributed by atoms with van der Waals surface area (Å²) in [6.07, 6.45) is 2.56. The molecule has 1 heterocycles.